The summed E-state index contributed by atoms with van der Waals surface area (Å²) in [5.41, 5.74) is 0. The molecule has 1 heteroatoms. The molecule has 0 aliphatic heterocycles. The van der Waals surface area contributed by atoms with Crippen LogP contribution in [0.4, 0.5) is 0 Å². The van der Waals surface area contributed by atoms with Crippen LogP contribution >= 0.6 is 0 Å². The summed E-state index contributed by atoms with van der Waals surface area (Å²) in [5.74, 6) is 4.04. The van der Waals surface area contributed by atoms with Crippen LogP contribution < -0.4 is 0 Å². The van der Waals surface area contributed by atoms with E-state index < -0.39 is 0 Å². The molecule has 4 bridgehead atoms. The highest BCUT2D eigenvalue weighted by atomic mass is 16.3. The molecule has 0 spiro atoms. The third-order valence-electron chi connectivity index (χ3n) is 4.92. The lowest BCUT2D eigenvalue weighted by atomic mass is 9.49. The van der Waals surface area contributed by atoms with Gasteiger partial charge in [-0.2, -0.15) is 0 Å². The lowest BCUT2D eigenvalue weighted by Gasteiger charge is -2.58. The SMILES string of the molecule is C[C@@H]1[C@H](O)[C@H]2C[C@@H]3CC[C@H]2C[C@@H]31. The summed E-state index contributed by atoms with van der Waals surface area (Å²) in [4.78, 5) is 0. The van der Waals surface area contributed by atoms with E-state index in [0.717, 1.165) is 17.8 Å². The molecule has 0 unspecified atom stereocenters. The number of hydrogen-bond donors (Lipinski definition) is 1. The van der Waals surface area contributed by atoms with Gasteiger partial charge in [0.1, 0.15) is 0 Å². The highest BCUT2D eigenvalue weighted by Crippen LogP contribution is 2.57. The fourth-order valence-electron chi connectivity index (χ4n) is 4.23. The average Bonchev–Trinajstić information content (AvgIpc) is 2.14. The predicted molar refractivity (Wildman–Crippen MR) is 47.6 cm³/mol. The Morgan fingerprint density at radius 3 is 2.08 bits per heavy atom. The summed E-state index contributed by atoms with van der Waals surface area (Å²) in [6, 6.07) is 0. The van der Waals surface area contributed by atoms with Gasteiger partial charge >= 0.3 is 0 Å². The van der Waals surface area contributed by atoms with Crippen molar-refractivity contribution in [2.75, 3.05) is 0 Å². The number of hydrogen-bond acceptors (Lipinski definition) is 1. The molecule has 6 atom stereocenters. The first-order chi connectivity index (χ1) is 5.77. The van der Waals surface area contributed by atoms with Crippen molar-refractivity contribution in [2.45, 2.75) is 38.7 Å². The van der Waals surface area contributed by atoms with E-state index in [1.165, 1.54) is 25.7 Å². The molecule has 5 aliphatic rings. The molecule has 0 radical (unpaired) electrons. The van der Waals surface area contributed by atoms with E-state index in [-0.39, 0.29) is 6.10 Å². The summed E-state index contributed by atoms with van der Waals surface area (Å²) >= 11 is 0. The van der Waals surface area contributed by atoms with Gasteiger partial charge < -0.3 is 5.11 Å². The first-order valence-electron chi connectivity index (χ1n) is 5.45. The first kappa shape index (κ1) is 7.37. The molecule has 0 aromatic carbocycles. The zero-order valence-corrected chi connectivity index (χ0v) is 7.74. The number of aliphatic hydroxyl groups is 1. The molecule has 1 nitrogen and oxygen atoms in total. The van der Waals surface area contributed by atoms with Gasteiger partial charge in [-0.25, -0.2) is 0 Å². The van der Waals surface area contributed by atoms with Crippen LogP contribution in [-0.2, 0) is 0 Å². The quantitative estimate of drug-likeness (QED) is 0.584. The van der Waals surface area contributed by atoms with Crippen molar-refractivity contribution in [3.8, 4) is 0 Å². The van der Waals surface area contributed by atoms with Crippen molar-refractivity contribution in [1.82, 2.24) is 0 Å². The van der Waals surface area contributed by atoms with E-state index >= 15 is 0 Å². The Morgan fingerprint density at radius 1 is 1.00 bits per heavy atom. The molecule has 1 N–H and O–H groups in total. The van der Waals surface area contributed by atoms with Crippen molar-refractivity contribution < 1.29 is 5.11 Å². The standard InChI is InChI=1S/C11H18O/c1-6-9-4-8-3-2-7(9)5-10(8)11(6)12/h6-12H,2-5H2,1H3/t6-,7-,8-,9+,10-,11-/m0/s1. The molecule has 0 saturated heterocycles. The minimum atomic E-state index is 0.0466. The fourth-order valence-corrected chi connectivity index (χ4v) is 4.23. The smallest absolute Gasteiger partial charge is 0.0599 e. The minimum absolute atomic E-state index is 0.0466. The molecule has 12 heavy (non-hydrogen) atoms. The van der Waals surface area contributed by atoms with Gasteiger partial charge in [0.05, 0.1) is 6.10 Å². The highest BCUT2D eigenvalue weighted by Gasteiger charge is 2.53. The maximum atomic E-state index is 9.99. The summed E-state index contributed by atoms with van der Waals surface area (Å²) in [6.45, 7) is 2.26. The zero-order chi connectivity index (χ0) is 8.29. The van der Waals surface area contributed by atoms with E-state index in [2.05, 4.69) is 6.92 Å². The van der Waals surface area contributed by atoms with Crippen LogP contribution in [0.1, 0.15) is 32.6 Å². The Bertz CT molecular complexity index is 175. The van der Waals surface area contributed by atoms with Gasteiger partial charge in [-0.1, -0.05) is 6.92 Å². The molecule has 68 valence electrons. The zero-order valence-electron chi connectivity index (χ0n) is 7.74. The number of fused-ring (bicyclic) bond motifs is 2. The summed E-state index contributed by atoms with van der Waals surface area (Å²) in [6.07, 6.45) is 5.71. The van der Waals surface area contributed by atoms with E-state index in [0.29, 0.717) is 11.8 Å². The summed E-state index contributed by atoms with van der Waals surface area (Å²) in [5, 5.41) is 9.99. The normalized spacial score (nSPS) is 62.5. The fraction of sp³-hybridized carbons (Fsp3) is 1.00. The molecule has 5 saturated carbocycles. The Morgan fingerprint density at radius 2 is 1.58 bits per heavy atom. The van der Waals surface area contributed by atoms with Gasteiger partial charge in [-0.15, -0.1) is 0 Å². The Hall–Kier alpha value is -0.0400. The lowest BCUT2D eigenvalue weighted by Crippen LogP contribution is -2.54. The maximum Gasteiger partial charge on any atom is 0.0599 e. The van der Waals surface area contributed by atoms with Gasteiger partial charge in [-0.05, 0) is 55.3 Å². The Kier molecular flexibility index (Phi) is 1.39. The second kappa shape index (κ2) is 2.25. The molecular formula is C11H18O. The minimum Gasteiger partial charge on any atom is -0.393 e. The topological polar surface area (TPSA) is 20.2 Å². The van der Waals surface area contributed by atoms with Gasteiger partial charge in [0.2, 0.25) is 0 Å². The largest absolute Gasteiger partial charge is 0.393 e. The maximum absolute atomic E-state index is 9.99. The number of aliphatic hydroxyl groups excluding tert-OH is 1. The van der Waals surface area contributed by atoms with Crippen LogP contribution in [0.3, 0.4) is 0 Å². The molecular weight excluding hydrogens is 148 g/mol. The van der Waals surface area contributed by atoms with Crippen LogP contribution in [-0.4, -0.2) is 11.2 Å². The number of rotatable bonds is 0. The van der Waals surface area contributed by atoms with E-state index in [1.54, 1.807) is 0 Å². The molecule has 5 aliphatic carbocycles. The molecule has 0 aromatic rings. The van der Waals surface area contributed by atoms with Crippen LogP contribution in [0.2, 0.25) is 0 Å². The third-order valence-corrected chi connectivity index (χ3v) is 4.92. The Balaban J connectivity index is 1.95. The molecule has 5 rings (SSSR count). The van der Waals surface area contributed by atoms with Gasteiger partial charge in [0.15, 0.2) is 0 Å². The average molecular weight is 166 g/mol. The van der Waals surface area contributed by atoms with E-state index in [1.807, 2.05) is 0 Å². The predicted octanol–water partition coefficient (Wildman–Crippen LogP) is 2.05. The van der Waals surface area contributed by atoms with E-state index in [4.69, 9.17) is 0 Å². The van der Waals surface area contributed by atoms with Crippen molar-refractivity contribution in [1.29, 1.82) is 0 Å². The molecule has 0 aromatic heterocycles. The van der Waals surface area contributed by atoms with Gasteiger partial charge in [0, 0.05) is 0 Å². The summed E-state index contributed by atoms with van der Waals surface area (Å²) in [7, 11) is 0. The monoisotopic (exact) mass is 166 g/mol. The second-order valence-electron chi connectivity index (χ2n) is 5.25. The van der Waals surface area contributed by atoms with Gasteiger partial charge in [-0.3, -0.25) is 0 Å². The second-order valence-corrected chi connectivity index (χ2v) is 5.25. The third kappa shape index (κ3) is 0.736. The molecule has 0 amide bonds. The van der Waals surface area contributed by atoms with Crippen molar-refractivity contribution >= 4 is 0 Å². The van der Waals surface area contributed by atoms with Gasteiger partial charge in [0.25, 0.3) is 0 Å². The van der Waals surface area contributed by atoms with Crippen molar-refractivity contribution in [3.05, 3.63) is 0 Å². The Labute approximate surface area is 74.2 Å². The molecule has 5 fully saturated rings. The first-order valence-corrected chi connectivity index (χ1v) is 5.45. The van der Waals surface area contributed by atoms with Crippen molar-refractivity contribution in [3.63, 3.8) is 0 Å². The van der Waals surface area contributed by atoms with Crippen molar-refractivity contribution in [2.24, 2.45) is 29.6 Å². The highest BCUT2D eigenvalue weighted by molar-refractivity contribution is 5.02. The van der Waals surface area contributed by atoms with Crippen LogP contribution in [0.5, 0.6) is 0 Å². The summed E-state index contributed by atoms with van der Waals surface area (Å²) < 4.78 is 0. The lowest BCUT2D eigenvalue weighted by molar-refractivity contribution is -0.139. The molecule has 0 heterocycles. The van der Waals surface area contributed by atoms with E-state index in [9.17, 15) is 5.11 Å². The van der Waals surface area contributed by atoms with Crippen LogP contribution in [0.25, 0.3) is 0 Å². The van der Waals surface area contributed by atoms with Crippen LogP contribution in [0.15, 0.2) is 0 Å². The van der Waals surface area contributed by atoms with Crippen LogP contribution in [0, 0.1) is 29.6 Å².